The Hall–Kier alpha value is -2.01. The van der Waals surface area contributed by atoms with Crippen LogP contribution in [-0.2, 0) is 0 Å². The summed E-state index contributed by atoms with van der Waals surface area (Å²) in [6, 6.07) is 9.98. The summed E-state index contributed by atoms with van der Waals surface area (Å²) in [5, 5.41) is 3.01. The van der Waals surface area contributed by atoms with Crippen molar-refractivity contribution in [1.82, 2.24) is 4.98 Å². The Morgan fingerprint density at radius 1 is 1.33 bits per heavy atom. The van der Waals surface area contributed by atoms with Crippen molar-refractivity contribution in [3.63, 3.8) is 0 Å². The topological polar surface area (TPSA) is 50.9 Å². The number of hydrogen-bond acceptors (Lipinski definition) is 3. The zero-order valence-corrected chi connectivity index (χ0v) is 10.6. The van der Waals surface area contributed by atoms with Crippen LogP contribution in [-0.4, -0.2) is 9.97 Å². The molecular weight excluding hydrogens is 249 g/mol. The highest BCUT2D eigenvalue weighted by Crippen LogP contribution is 2.18. The summed E-state index contributed by atoms with van der Waals surface area (Å²) in [6.07, 6.45) is 0. The van der Waals surface area contributed by atoms with Gasteiger partial charge in [0.25, 0.3) is 0 Å². The van der Waals surface area contributed by atoms with Gasteiger partial charge in [-0.25, -0.2) is 9.37 Å². The molecule has 0 amide bonds. The molecule has 3 nitrogen and oxygen atoms in total. The molecular formula is C13H12FN3S. The fourth-order valence-electron chi connectivity index (χ4n) is 1.60. The summed E-state index contributed by atoms with van der Waals surface area (Å²) in [4.78, 5) is 4.46. The number of nitrogens with one attached hydrogen (secondary N) is 1. The van der Waals surface area contributed by atoms with Gasteiger partial charge in [-0.3, -0.25) is 0 Å². The van der Waals surface area contributed by atoms with Gasteiger partial charge in [-0.05, 0) is 42.8 Å². The van der Waals surface area contributed by atoms with Crippen molar-refractivity contribution in [3.05, 3.63) is 53.5 Å². The summed E-state index contributed by atoms with van der Waals surface area (Å²) in [5.74, 6) is 0.285. The normalized spacial score (nSPS) is 10.1. The van der Waals surface area contributed by atoms with Crippen LogP contribution in [0.1, 0.15) is 11.3 Å². The number of benzene rings is 1. The number of aryl methyl sites for hydroxylation is 1. The first-order valence-electron chi connectivity index (χ1n) is 5.36. The van der Waals surface area contributed by atoms with E-state index in [1.165, 1.54) is 12.1 Å². The second-order valence-corrected chi connectivity index (χ2v) is 4.35. The van der Waals surface area contributed by atoms with Crippen LogP contribution in [0.15, 0.2) is 36.4 Å². The smallest absolute Gasteiger partial charge is 0.131 e. The van der Waals surface area contributed by atoms with Gasteiger partial charge in [0.05, 0.1) is 5.69 Å². The lowest BCUT2D eigenvalue weighted by molar-refractivity contribution is 0.627. The maximum atomic E-state index is 13.2. The van der Waals surface area contributed by atoms with Gasteiger partial charge in [0.1, 0.15) is 16.6 Å². The Balaban J connectivity index is 2.28. The largest absolute Gasteiger partial charge is 0.388 e. The minimum Gasteiger partial charge on any atom is -0.388 e. The van der Waals surface area contributed by atoms with Crippen LogP contribution in [0.4, 0.5) is 15.9 Å². The Morgan fingerprint density at radius 3 is 2.78 bits per heavy atom. The Labute approximate surface area is 110 Å². The average molecular weight is 261 g/mol. The molecule has 0 aliphatic carbocycles. The molecule has 0 radical (unpaired) electrons. The number of halogens is 1. The SMILES string of the molecule is Cc1cc(F)cc(Nc2cccc(C(N)=S)n2)c1. The lowest BCUT2D eigenvalue weighted by Crippen LogP contribution is -2.12. The van der Waals surface area contributed by atoms with Crippen LogP contribution in [0, 0.1) is 12.7 Å². The van der Waals surface area contributed by atoms with E-state index in [2.05, 4.69) is 10.3 Å². The van der Waals surface area contributed by atoms with Crippen LogP contribution in [0.2, 0.25) is 0 Å². The zero-order valence-electron chi connectivity index (χ0n) is 9.77. The van der Waals surface area contributed by atoms with Crippen LogP contribution in [0.25, 0.3) is 0 Å². The van der Waals surface area contributed by atoms with Gasteiger partial charge >= 0.3 is 0 Å². The molecule has 0 fully saturated rings. The number of anilines is 2. The Kier molecular flexibility index (Phi) is 3.53. The van der Waals surface area contributed by atoms with E-state index in [4.69, 9.17) is 18.0 Å². The number of hydrogen-bond donors (Lipinski definition) is 2. The Bertz CT molecular complexity index is 578. The van der Waals surface area contributed by atoms with Gasteiger partial charge in [0.2, 0.25) is 0 Å². The van der Waals surface area contributed by atoms with Crippen LogP contribution < -0.4 is 11.1 Å². The first-order valence-corrected chi connectivity index (χ1v) is 5.76. The monoisotopic (exact) mass is 261 g/mol. The van der Waals surface area contributed by atoms with Crippen molar-refractivity contribution in [2.24, 2.45) is 5.73 Å². The molecule has 0 spiro atoms. The summed E-state index contributed by atoms with van der Waals surface area (Å²) >= 11 is 4.86. The quantitative estimate of drug-likeness (QED) is 0.834. The number of nitrogens with two attached hydrogens (primary N) is 1. The van der Waals surface area contributed by atoms with Crippen molar-refractivity contribution in [2.45, 2.75) is 6.92 Å². The van der Waals surface area contributed by atoms with Gasteiger partial charge < -0.3 is 11.1 Å². The summed E-state index contributed by atoms with van der Waals surface area (Å²) < 4.78 is 13.2. The highest BCUT2D eigenvalue weighted by Gasteiger charge is 2.02. The highest BCUT2D eigenvalue weighted by molar-refractivity contribution is 7.80. The molecule has 92 valence electrons. The molecule has 0 saturated carbocycles. The third kappa shape index (κ3) is 3.01. The first kappa shape index (κ1) is 12.4. The summed E-state index contributed by atoms with van der Waals surface area (Å²) in [5.41, 5.74) is 7.51. The van der Waals surface area contributed by atoms with E-state index in [9.17, 15) is 4.39 Å². The second-order valence-electron chi connectivity index (χ2n) is 3.91. The van der Waals surface area contributed by atoms with Crippen LogP contribution in [0.5, 0.6) is 0 Å². The maximum absolute atomic E-state index is 13.2. The number of rotatable bonds is 3. The van der Waals surface area contributed by atoms with Crippen molar-refractivity contribution in [2.75, 3.05) is 5.32 Å². The first-order chi connectivity index (χ1) is 8.54. The van der Waals surface area contributed by atoms with E-state index < -0.39 is 0 Å². The van der Waals surface area contributed by atoms with E-state index in [-0.39, 0.29) is 10.8 Å². The van der Waals surface area contributed by atoms with Crippen molar-refractivity contribution >= 4 is 28.7 Å². The second kappa shape index (κ2) is 5.10. The van der Waals surface area contributed by atoms with Crippen molar-refractivity contribution in [3.8, 4) is 0 Å². The summed E-state index contributed by atoms with van der Waals surface area (Å²) in [7, 11) is 0. The number of thiocarbonyl (C=S) groups is 1. The van der Waals surface area contributed by atoms with Crippen LogP contribution >= 0.6 is 12.2 Å². The fraction of sp³-hybridized carbons (Fsp3) is 0.0769. The molecule has 5 heteroatoms. The predicted octanol–water partition coefficient (Wildman–Crippen LogP) is 2.91. The lowest BCUT2D eigenvalue weighted by atomic mass is 10.2. The van der Waals surface area contributed by atoms with E-state index >= 15 is 0 Å². The van der Waals surface area contributed by atoms with E-state index in [1.54, 1.807) is 18.2 Å². The Morgan fingerprint density at radius 2 is 2.11 bits per heavy atom. The molecule has 0 bridgehead atoms. The molecule has 0 unspecified atom stereocenters. The third-order valence-electron chi connectivity index (χ3n) is 2.32. The summed E-state index contributed by atoms with van der Waals surface area (Å²) in [6.45, 7) is 1.83. The molecule has 1 aromatic heterocycles. The standard InChI is InChI=1S/C13H12FN3S/c1-8-5-9(14)7-10(6-8)16-12-4-2-3-11(17-12)13(15)18/h2-7H,1H3,(H2,15,18)(H,16,17). The van der Waals surface area contributed by atoms with E-state index in [0.29, 0.717) is 17.2 Å². The molecule has 2 aromatic rings. The number of pyridine rings is 1. The van der Waals surface area contributed by atoms with E-state index in [0.717, 1.165) is 5.56 Å². The average Bonchev–Trinajstić information content (AvgIpc) is 2.27. The van der Waals surface area contributed by atoms with Gasteiger partial charge in [-0.1, -0.05) is 18.3 Å². The number of nitrogens with zero attached hydrogens (tertiary/aromatic N) is 1. The fourth-order valence-corrected chi connectivity index (χ4v) is 1.71. The minimum atomic E-state index is -0.289. The van der Waals surface area contributed by atoms with Gasteiger partial charge in [0.15, 0.2) is 0 Å². The maximum Gasteiger partial charge on any atom is 0.131 e. The molecule has 1 heterocycles. The van der Waals surface area contributed by atoms with Crippen molar-refractivity contribution in [1.29, 1.82) is 0 Å². The third-order valence-corrected chi connectivity index (χ3v) is 2.53. The predicted molar refractivity (Wildman–Crippen MR) is 74.5 cm³/mol. The molecule has 0 aliphatic rings. The molecule has 0 atom stereocenters. The molecule has 3 N–H and O–H groups in total. The van der Waals surface area contributed by atoms with Gasteiger partial charge in [-0.2, -0.15) is 0 Å². The zero-order chi connectivity index (χ0) is 13.1. The lowest BCUT2D eigenvalue weighted by Gasteiger charge is -2.08. The van der Waals surface area contributed by atoms with Gasteiger partial charge in [-0.15, -0.1) is 0 Å². The van der Waals surface area contributed by atoms with E-state index in [1.807, 2.05) is 13.0 Å². The van der Waals surface area contributed by atoms with Crippen molar-refractivity contribution < 1.29 is 4.39 Å². The molecule has 0 saturated heterocycles. The molecule has 1 aromatic carbocycles. The molecule has 2 rings (SSSR count). The van der Waals surface area contributed by atoms with Crippen LogP contribution in [0.3, 0.4) is 0 Å². The molecule has 18 heavy (non-hydrogen) atoms. The highest BCUT2D eigenvalue weighted by atomic mass is 32.1. The number of aromatic nitrogens is 1. The molecule has 0 aliphatic heterocycles. The minimum absolute atomic E-state index is 0.231. The van der Waals surface area contributed by atoms with Gasteiger partial charge in [0, 0.05) is 5.69 Å².